The van der Waals surface area contributed by atoms with Gasteiger partial charge in [-0.25, -0.2) is 0 Å². The van der Waals surface area contributed by atoms with Crippen LogP contribution in [0.15, 0.2) is 0 Å². The highest BCUT2D eigenvalue weighted by atomic mass is 35.5. The van der Waals surface area contributed by atoms with Gasteiger partial charge in [-0.2, -0.15) is 0 Å². The van der Waals surface area contributed by atoms with Crippen LogP contribution in [0.4, 0.5) is 0 Å². The van der Waals surface area contributed by atoms with Gasteiger partial charge in [-0.15, -0.1) is 23.2 Å². The Morgan fingerprint density at radius 1 is 1.27 bits per heavy atom. The molecule has 15 heavy (non-hydrogen) atoms. The van der Waals surface area contributed by atoms with Gasteiger partial charge in [0.15, 0.2) is 0 Å². The molecule has 1 aliphatic heterocycles. The van der Waals surface area contributed by atoms with Crippen LogP contribution in [0.1, 0.15) is 32.1 Å². The number of hydrogen-bond acceptors (Lipinski definition) is 1. The van der Waals surface area contributed by atoms with Crippen molar-refractivity contribution in [2.75, 3.05) is 12.4 Å². The highest BCUT2D eigenvalue weighted by Gasteiger charge is 2.41. The maximum absolute atomic E-state index is 11.9. The summed E-state index contributed by atoms with van der Waals surface area (Å²) in [7, 11) is 0. The first-order valence-corrected chi connectivity index (χ1v) is 6.71. The van der Waals surface area contributed by atoms with Crippen LogP contribution in [-0.2, 0) is 4.79 Å². The van der Waals surface area contributed by atoms with Crippen LogP contribution in [0.25, 0.3) is 0 Å². The zero-order chi connectivity index (χ0) is 10.8. The summed E-state index contributed by atoms with van der Waals surface area (Å²) in [6.07, 6.45) is 6.08. The van der Waals surface area contributed by atoms with E-state index in [-0.39, 0.29) is 17.2 Å². The number of rotatable bonds is 2. The van der Waals surface area contributed by atoms with Crippen LogP contribution in [-0.4, -0.2) is 34.7 Å². The molecule has 0 N–H and O–H groups in total. The molecule has 1 saturated carbocycles. The summed E-state index contributed by atoms with van der Waals surface area (Å²) in [5, 5.41) is -0.385. The third kappa shape index (κ3) is 2.26. The van der Waals surface area contributed by atoms with Gasteiger partial charge in [-0.05, 0) is 12.8 Å². The molecule has 0 spiro atoms. The van der Waals surface area contributed by atoms with Crippen molar-refractivity contribution in [1.82, 2.24) is 4.90 Å². The molecule has 2 unspecified atom stereocenters. The Labute approximate surface area is 101 Å². The Hall–Kier alpha value is 0.0500. The molecule has 1 saturated heterocycles. The minimum atomic E-state index is -0.385. The average molecular weight is 250 g/mol. The maximum Gasteiger partial charge on any atom is 0.241 e. The molecule has 1 aliphatic carbocycles. The first-order valence-electron chi connectivity index (χ1n) is 5.74. The summed E-state index contributed by atoms with van der Waals surface area (Å²) >= 11 is 11.9. The van der Waals surface area contributed by atoms with Crippen LogP contribution in [0.2, 0.25) is 0 Å². The molecule has 0 aromatic heterocycles. The van der Waals surface area contributed by atoms with Gasteiger partial charge in [0.2, 0.25) is 5.91 Å². The Balaban J connectivity index is 2.00. The van der Waals surface area contributed by atoms with Crippen molar-refractivity contribution in [2.45, 2.75) is 43.5 Å². The second-order valence-electron chi connectivity index (χ2n) is 4.60. The van der Waals surface area contributed by atoms with Crippen LogP contribution in [0, 0.1) is 5.92 Å². The van der Waals surface area contributed by atoms with E-state index in [0.717, 1.165) is 19.4 Å². The summed E-state index contributed by atoms with van der Waals surface area (Å²) in [6.45, 7) is 0.765. The predicted molar refractivity (Wildman–Crippen MR) is 62.4 cm³/mol. The molecule has 2 aliphatic rings. The van der Waals surface area contributed by atoms with E-state index in [4.69, 9.17) is 23.2 Å². The van der Waals surface area contributed by atoms with Gasteiger partial charge >= 0.3 is 0 Å². The molecule has 0 radical (unpaired) electrons. The molecule has 0 bridgehead atoms. The Morgan fingerprint density at radius 3 is 2.47 bits per heavy atom. The Morgan fingerprint density at radius 2 is 1.93 bits per heavy atom. The van der Waals surface area contributed by atoms with E-state index in [1.54, 1.807) is 0 Å². The number of amides is 1. The zero-order valence-corrected chi connectivity index (χ0v) is 10.3. The standard InChI is InChI=1S/C11H17Cl2NO/c12-6-8-7-14(11(15)10(8)13)9-4-2-1-3-5-9/h8-10H,1-7H2. The third-order valence-electron chi connectivity index (χ3n) is 3.58. The van der Waals surface area contributed by atoms with Gasteiger partial charge in [-0.3, -0.25) is 4.79 Å². The van der Waals surface area contributed by atoms with E-state index in [2.05, 4.69) is 0 Å². The minimum absolute atomic E-state index is 0.106. The second-order valence-corrected chi connectivity index (χ2v) is 5.38. The fourth-order valence-corrected chi connectivity index (χ4v) is 3.31. The van der Waals surface area contributed by atoms with E-state index < -0.39 is 0 Å². The minimum Gasteiger partial charge on any atom is -0.338 e. The third-order valence-corrected chi connectivity index (χ3v) is 4.52. The van der Waals surface area contributed by atoms with E-state index >= 15 is 0 Å². The van der Waals surface area contributed by atoms with Crippen LogP contribution in [0.5, 0.6) is 0 Å². The second kappa shape index (κ2) is 4.92. The molecule has 2 atom stereocenters. The fourth-order valence-electron chi connectivity index (χ4n) is 2.64. The van der Waals surface area contributed by atoms with Crippen molar-refractivity contribution < 1.29 is 4.79 Å². The molecule has 4 heteroatoms. The van der Waals surface area contributed by atoms with Crippen molar-refractivity contribution in [1.29, 1.82) is 0 Å². The molecule has 2 rings (SSSR count). The lowest BCUT2D eigenvalue weighted by Crippen LogP contribution is -2.39. The number of hydrogen-bond donors (Lipinski definition) is 0. The summed E-state index contributed by atoms with van der Waals surface area (Å²) in [6, 6.07) is 0.431. The number of carbonyl (C=O) groups is 1. The van der Waals surface area contributed by atoms with Gasteiger partial charge in [0, 0.05) is 24.4 Å². The number of halogens is 2. The lowest BCUT2D eigenvalue weighted by Gasteiger charge is -2.31. The van der Waals surface area contributed by atoms with Gasteiger partial charge in [0.1, 0.15) is 5.38 Å². The summed E-state index contributed by atoms with van der Waals surface area (Å²) in [5.74, 6) is 0.736. The molecule has 1 heterocycles. The monoisotopic (exact) mass is 249 g/mol. The van der Waals surface area contributed by atoms with Crippen molar-refractivity contribution in [2.24, 2.45) is 5.92 Å². The van der Waals surface area contributed by atoms with Gasteiger partial charge in [0.05, 0.1) is 0 Å². The van der Waals surface area contributed by atoms with Crippen LogP contribution < -0.4 is 0 Å². The largest absolute Gasteiger partial charge is 0.338 e. The fraction of sp³-hybridized carbons (Fsp3) is 0.909. The molecule has 0 aromatic carbocycles. The normalized spacial score (nSPS) is 33.7. The summed E-state index contributed by atoms with van der Waals surface area (Å²) < 4.78 is 0. The Bertz CT molecular complexity index is 241. The lowest BCUT2D eigenvalue weighted by atomic mass is 9.94. The molecule has 1 amide bonds. The molecular weight excluding hydrogens is 233 g/mol. The smallest absolute Gasteiger partial charge is 0.241 e. The van der Waals surface area contributed by atoms with Crippen molar-refractivity contribution in [3.63, 3.8) is 0 Å². The molecule has 0 aromatic rings. The zero-order valence-electron chi connectivity index (χ0n) is 8.79. The number of carbonyl (C=O) groups excluding carboxylic acids is 1. The van der Waals surface area contributed by atoms with Crippen molar-refractivity contribution in [3.05, 3.63) is 0 Å². The molecular formula is C11H17Cl2NO. The van der Waals surface area contributed by atoms with Crippen molar-refractivity contribution in [3.8, 4) is 0 Å². The van der Waals surface area contributed by atoms with E-state index in [9.17, 15) is 4.79 Å². The lowest BCUT2D eigenvalue weighted by molar-refractivity contribution is -0.129. The molecule has 2 fully saturated rings. The van der Waals surface area contributed by atoms with Gasteiger partial charge < -0.3 is 4.90 Å². The molecule has 86 valence electrons. The first kappa shape index (κ1) is 11.5. The van der Waals surface area contributed by atoms with E-state index in [1.807, 2.05) is 4.90 Å². The van der Waals surface area contributed by atoms with Gasteiger partial charge in [0.25, 0.3) is 0 Å². The van der Waals surface area contributed by atoms with Crippen LogP contribution >= 0.6 is 23.2 Å². The number of nitrogens with zero attached hydrogens (tertiary/aromatic N) is 1. The van der Waals surface area contributed by atoms with Crippen molar-refractivity contribution >= 4 is 29.1 Å². The number of alkyl halides is 2. The van der Waals surface area contributed by atoms with E-state index in [0.29, 0.717) is 11.9 Å². The highest BCUT2D eigenvalue weighted by molar-refractivity contribution is 6.32. The number of likely N-dealkylation sites (tertiary alicyclic amines) is 1. The predicted octanol–water partition coefficient (Wildman–Crippen LogP) is 2.62. The van der Waals surface area contributed by atoms with E-state index in [1.165, 1.54) is 19.3 Å². The SMILES string of the molecule is O=C1C(Cl)C(CCl)CN1C1CCCCC1. The average Bonchev–Trinajstić information content (AvgIpc) is 2.57. The molecule has 2 nitrogen and oxygen atoms in total. The first-order chi connectivity index (χ1) is 7.24. The summed E-state index contributed by atoms with van der Waals surface area (Å²) in [4.78, 5) is 13.9. The maximum atomic E-state index is 11.9. The quantitative estimate of drug-likeness (QED) is 0.690. The Kier molecular flexibility index (Phi) is 3.78. The van der Waals surface area contributed by atoms with Gasteiger partial charge in [-0.1, -0.05) is 19.3 Å². The highest BCUT2D eigenvalue weighted by Crippen LogP contribution is 2.31. The van der Waals surface area contributed by atoms with Crippen LogP contribution in [0.3, 0.4) is 0 Å². The topological polar surface area (TPSA) is 20.3 Å². The summed E-state index contributed by atoms with van der Waals surface area (Å²) in [5.41, 5.74) is 0.